The number of rotatable bonds is 4. The lowest BCUT2D eigenvalue weighted by Crippen LogP contribution is -2.15. The molecule has 0 saturated heterocycles. The third kappa shape index (κ3) is 4.25. The van der Waals surface area contributed by atoms with Gasteiger partial charge in [-0.1, -0.05) is 45.7 Å². The Balaban J connectivity index is 1.72. The zero-order valence-electron chi connectivity index (χ0n) is 12.2. The molecule has 0 aliphatic heterocycles. The van der Waals surface area contributed by atoms with Gasteiger partial charge in [-0.25, -0.2) is 4.98 Å². The fraction of sp³-hybridized carbons (Fsp3) is 0.0588. The normalized spacial score (nSPS) is 10.6. The lowest BCUT2D eigenvalue weighted by Gasteiger charge is -2.07. The number of nitrogens with one attached hydrogen (secondary N) is 1. The van der Waals surface area contributed by atoms with Crippen molar-refractivity contribution >= 4 is 66.4 Å². The number of aromatic nitrogens is 1. The highest BCUT2D eigenvalue weighted by Gasteiger charge is 2.12. The summed E-state index contributed by atoms with van der Waals surface area (Å²) in [5.74, 6) is -0.121. The van der Waals surface area contributed by atoms with Crippen LogP contribution in [0.15, 0.2) is 56.8 Å². The number of hydrogen-bond donors (Lipinski definition) is 1. The van der Waals surface area contributed by atoms with Crippen LogP contribution >= 0.6 is 54.8 Å². The molecule has 3 rings (SSSR count). The van der Waals surface area contributed by atoms with Crippen molar-refractivity contribution in [3.63, 3.8) is 0 Å². The van der Waals surface area contributed by atoms with E-state index in [0.717, 1.165) is 30.9 Å². The molecule has 3 aromatic rings. The highest BCUT2D eigenvalue weighted by atomic mass is 79.9. The van der Waals surface area contributed by atoms with Gasteiger partial charge in [0.1, 0.15) is 5.01 Å². The van der Waals surface area contributed by atoms with Gasteiger partial charge in [-0.15, -0.1) is 11.3 Å². The largest absolute Gasteiger partial charge is 0.325 e. The van der Waals surface area contributed by atoms with E-state index >= 15 is 0 Å². The highest BCUT2D eigenvalue weighted by Crippen LogP contribution is 2.30. The molecule has 0 aliphatic carbocycles. The molecule has 1 amide bonds. The quantitative estimate of drug-likeness (QED) is 0.479. The van der Waals surface area contributed by atoms with Gasteiger partial charge in [0.05, 0.1) is 22.8 Å². The Bertz CT molecular complexity index is 898. The van der Waals surface area contributed by atoms with E-state index in [1.54, 1.807) is 0 Å². The zero-order chi connectivity index (χ0) is 17.1. The molecule has 24 heavy (non-hydrogen) atoms. The van der Waals surface area contributed by atoms with E-state index in [0.29, 0.717) is 5.02 Å². The number of benzene rings is 2. The molecule has 1 aromatic heterocycles. The van der Waals surface area contributed by atoms with E-state index in [1.165, 1.54) is 11.3 Å². The lowest BCUT2D eigenvalue weighted by molar-refractivity contribution is -0.115. The first kappa shape index (κ1) is 17.6. The van der Waals surface area contributed by atoms with E-state index in [4.69, 9.17) is 11.6 Å². The molecule has 7 heteroatoms. The second-order valence-electron chi connectivity index (χ2n) is 4.97. The Labute approximate surface area is 165 Å². The average molecular weight is 487 g/mol. The van der Waals surface area contributed by atoms with Crippen LogP contribution in [0.2, 0.25) is 5.02 Å². The fourth-order valence-electron chi connectivity index (χ4n) is 2.10. The standard InChI is InChI=1S/C17H11Br2ClN2OS/c18-10-5-6-13(19)15(7-10)22-16(23)8-11-9-24-17(21-11)12-3-1-2-4-14(12)20/h1-7,9H,8H2,(H,22,23). The Hall–Kier alpha value is -1.21. The minimum Gasteiger partial charge on any atom is -0.325 e. The summed E-state index contributed by atoms with van der Waals surface area (Å²) >= 11 is 14.5. The summed E-state index contributed by atoms with van der Waals surface area (Å²) in [5.41, 5.74) is 2.32. The zero-order valence-corrected chi connectivity index (χ0v) is 17.0. The van der Waals surface area contributed by atoms with Crippen LogP contribution in [0.4, 0.5) is 5.69 Å². The first-order valence-electron chi connectivity index (χ1n) is 6.97. The second-order valence-corrected chi connectivity index (χ2v) is 8.01. The van der Waals surface area contributed by atoms with E-state index < -0.39 is 0 Å². The van der Waals surface area contributed by atoms with Gasteiger partial charge in [0, 0.05) is 19.9 Å². The van der Waals surface area contributed by atoms with Crippen LogP contribution in [0.5, 0.6) is 0 Å². The molecule has 0 spiro atoms. The van der Waals surface area contributed by atoms with Crippen molar-refractivity contribution in [3.05, 3.63) is 67.5 Å². The van der Waals surface area contributed by atoms with Crippen LogP contribution in [-0.4, -0.2) is 10.9 Å². The number of carbonyl (C=O) groups excluding carboxylic acids is 1. The number of hydrogen-bond acceptors (Lipinski definition) is 3. The fourth-order valence-corrected chi connectivity index (χ4v) is 3.95. The maximum atomic E-state index is 12.2. The van der Waals surface area contributed by atoms with Crippen molar-refractivity contribution in [2.24, 2.45) is 0 Å². The summed E-state index contributed by atoms with van der Waals surface area (Å²) in [4.78, 5) is 16.8. The summed E-state index contributed by atoms with van der Waals surface area (Å²) < 4.78 is 1.73. The first-order valence-corrected chi connectivity index (χ1v) is 9.81. The predicted octanol–water partition coefficient (Wildman–Crippen LogP) is 6.17. The van der Waals surface area contributed by atoms with Crippen LogP contribution in [0.25, 0.3) is 10.6 Å². The summed E-state index contributed by atoms with van der Waals surface area (Å²) in [7, 11) is 0. The minimum atomic E-state index is -0.121. The summed E-state index contributed by atoms with van der Waals surface area (Å²) in [6, 6.07) is 13.2. The van der Waals surface area contributed by atoms with Gasteiger partial charge < -0.3 is 5.32 Å². The van der Waals surface area contributed by atoms with Gasteiger partial charge in [0.15, 0.2) is 0 Å². The van der Waals surface area contributed by atoms with Crippen LogP contribution in [0.1, 0.15) is 5.69 Å². The third-order valence-electron chi connectivity index (χ3n) is 3.20. The number of thiazole rings is 1. The van der Waals surface area contributed by atoms with Gasteiger partial charge in [-0.05, 0) is 40.2 Å². The number of anilines is 1. The van der Waals surface area contributed by atoms with Gasteiger partial charge in [-0.3, -0.25) is 4.79 Å². The van der Waals surface area contributed by atoms with Crippen molar-refractivity contribution in [2.75, 3.05) is 5.32 Å². The van der Waals surface area contributed by atoms with Gasteiger partial charge >= 0.3 is 0 Å². The Morgan fingerprint density at radius 2 is 2.00 bits per heavy atom. The van der Waals surface area contributed by atoms with Gasteiger partial charge in [-0.2, -0.15) is 0 Å². The number of carbonyl (C=O) groups is 1. The molecule has 122 valence electrons. The Morgan fingerprint density at radius 3 is 2.79 bits per heavy atom. The maximum Gasteiger partial charge on any atom is 0.230 e. The summed E-state index contributed by atoms with van der Waals surface area (Å²) in [5, 5.41) is 6.23. The number of nitrogens with zero attached hydrogens (tertiary/aromatic N) is 1. The third-order valence-corrected chi connectivity index (χ3v) is 5.64. The van der Waals surface area contributed by atoms with Crippen molar-refractivity contribution < 1.29 is 4.79 Å². The van der Waals surface area contributed by atoms with Crippen molar-refractivity contribution in [1.29, 1.82) is 0 Å². The van der Waals surface area contributed by atoms with E-state index in [-0.39, 0.29) is 12.3 Å². The molecule has 0 radical (unpaired) electrons. The van der Waals surface area contributed by atoms with Gasteiger partial charge in [0.2, 0.25) is 5.91 Å². The molecule has 0 unspecified atom stereocenters. The van der Waals surface area contributed by atoms with Crippen molar-refractivity contribution in [2.45, 2.75) is 6.42 Å². The van der Waals surface area contributed by atoms with E-state index in [9.17, 15) is 4.79 Å². The second kappa shape index (κ2) is 7.78. The topological polar surface area (TPSA) is 42.0 Å². The molecule has 3 nitrogen and oxygen atoms in total. The number of halogens is 3. The molecule has 1 heterocycles. The van der Waals surface area contributed by atoms with Crippen LogP contribution in [0, 0.1) is 0 Å². The predicted molar refractivity (Wildman–Crippen MR) is 107 cm³/mol. The van der Waals surface area contributed by atoms with E-state index in [1.807, 2.05) is 47.8 Å². The lowest BCUT2D eigenvalue weighted by atomic mass is 10.2. The molecule has 0 aliphatic rings. The van der Waals surface area contributed by atoms with Crippen LogP contribution in [-0.2, 0) is 11.2 Å². The molecule has 1 N–H and O–H groups in total. The number of amides is 1. The summed E-state index contributed by atoms with van der Waals surface area (Å²) in [6.07, 6.45) is 0.208. The first-order chi connectivity index (χ1) is 11.5. The van der Waals surface area contributed by atoms with Crippen molar-refractivity contribution in [1.82, 2.24) is 4.98 Å². The minimum absolute atomic E-state index is 0.121. The van der Waals surface area contributed by atoms with Crippen molar-refractivity contribution in [3.8, 4) is 10.6 Å². The Kier molecular flexibility index (Phi) is 5.71. The maximum absolute atomic E-state index is 12.2. The van der Waals surface area contributed by atoms with Crippen LogP contribution in [0.3, 0.4) is 0 Å². The highest BCUT2D eigenvalue weighted by molar-refractivity contribution is 9.11. The Morgan fingerprint density at radius 1 is 1.21 bits per heavy atom. The molecule has 0 saturated carbocycles. The SMILES string of the molecule is O=C(Cc1csc(-c2ccccc2Cl)n1)Nc1cc(Br)ccc1Br. The average Bonchev–Trinajstić information content (AvgIpc) is 2.99. The van der Waals surface area contributed by atoms with Gasteiger partial charge in [0.25, 0.3) is 0 Å². The molecular formula is C17H11Br2ClN2OS. The molecule has 0 atom stereocenters. The monoisotopic (exact) mass is 484 g/mol. The smallest absolute Gasteiger partial charge is 0.230 e. The van der Waals surface area contributed by atoms with Crippen LogP contribution < -0.4 is 5.32 Å². The molecule has 0 fully saturated rings. The summed E-state index contributed by atoms with van der Waals surface area (Å²) in [6.45, 7) is 0. The van der Waals surface area contributed by atoms with E-state index in [2.05, 4.69) is 42.2 Å². The molecular weight excluding hydrogens is 476 g/mol. The molecule has 2 aromatic carbocycles. The molecule has 0 bridgehead atoms.